The van der Waals surface area contributed by atoms with Crippen LogP contribution in [0.5, 0.6) is 0 Å². The van der Waals surface area contributed by atoms with Gasteiger partial charge in [-0.2, -0.15) is 13.2 Å². The number of carboxylic acid groups (broad SMARTS) is 1. The Morgan fingerprint density at radius 1 is 0.875 bits per heavy atom. The van der Waals surface area contributed by atoms with E-state index < -0.39 is 17.5 Å². The van der Waals surface area contributed by atoms with Crippen LogP contribution in [-0.2, 0) is 17.8 Å². The van der Waals surface area contributed by atoms with Gasteiger partial charge in [0.05, 0.1) is 17.7 Å². The number of amides is 2. The lowest BCUT2D eigenvalue weighted by Crippen LogP contribution is -2.23. The molecule has 48 heavy (non-hydrogen) atoms. The smallest absolute Gasteiger partial charge is 0.446 e. The Morgan fingerprint density at radius 2 is 1.58 bits per heavy atom. The highest BCUT2D eigenvalue weighted by molar-refractivity contribution is 8.00. The molecule has 0 radical (unpaired) electrons. The Morgan fingerprint density at radius 3 is 2.29 bits per heavy atom. The Hall–Kier alpha value is -4.43. The van der Waals surface area contributed by atoms with Gasteiger partial charge in [0.2, 0.25) is 0 Å². The number of carbonyl (C=O) groups excluding carboxylic acids is 2. The third kappa shape index (κ3) is 9.57. The quantitative estimate of drug-likeness (QED) is 0.0958. The summed E-state index contributed by atoms with van der Waals surface area (Å²) < 4.78 is 39.0. The van der Waals surface area contributed by atoms with Crippen LogP contribution in [0.4, 0.5) is 29.3 Å². The van der Waals surface area contributed by atoms with Crippen LogP contribution < -0.4 is 16.0 Å². The molecule has 0 unspecified atom stereocenters. The van der Waals surface area contributed by atoms with Gasteiger partial charge < -0.3 is 21.1 Å². The fraction of sp³-hybridized carbons (Fsp3) is 0.147. The lowest BCUT2D eigenvalue weighted by Gasteiger charge is -2.10. The molecule has 0 aliphatic heterocycles. The summed E-state index contributed by atoms with van der Waals surface area (Å²) in [5.74, 6) is -0.661. The van der Waals surface area contributed by atoms with Gasteiger partial charge >= 0.3 is 17.5 Å². The van der Waals surface area contributed by atoms with E-state index in [9.17, 15) is 27.6 Å². The van der Waals surface area contributed by atoms with Crippen LogP contribution in [0.25, 0.3) is 10.9 Å². The average Bonchev–Trinajstić information content (AvgIpc) is 3.38. The number of thioether (sulfide) groups is 2. The summed E-state index contributed by atoms with van der Waals surface area (Å²) in [7, 11) is 0. The minimum atomic E-state index is -4.31. The predicted octanol–water partition coefficient (Wildman–Crippen LogP) is 8.75. The highest BCUT2D eigenvalue weighted by Gasteiger charge is 2.29. The van der Waals surface area contributed by atoms with E-state index in [-0.39, 0.29) is 35.7 Å². The number of alkyl halides is 3. The fourth-order valence-corrected chi connectivity index (χ4v) is 6.46. The number of carboxylic acids is 1. The Bertz CT molecular complexity index is 1930. The number of rotatable bonds is 12. The SMILES string of the molecule is O=C(O)CNCc1ccccc1C(=O)n1cc(NC(=O)Nc2ccc(CCSc3ccc(SC(F)(F)F)cc3)cc2)c2cc(Cl)ccc21. The number of aryl methyl sites for hydroxylation is 1. The summed E-state index contributed by atoms with van der Waals surface area (Å²) in [6, 6.07) is 24.9. The van der Waals surface area contributed by atoms with Crippen molar-refractivity contribution in [3.8, 4) is 0 Å². The number of hydrogen-bond donors (Lipinski definition) is 4. The standard InChI is InChI=1S/C34H28ClF3N4O4S2/c35-23-7-14-30-28(17-23)29(20-42(30)32(45)27-4-2-1-3-22(27)18-39-19-31(43)44)41-33(46)40-24-8-5-21(6-9-24)15-16-47-25-10-12-26(13-11-25)48-34(36,37)38/h1-14,17,20,39H,15-16,18-19H2,(H,43,44)(H2,40,41,46). The van der Waals surface area contributed by atoms with E-state index in [4.69, 9.17) is 16.7 Å². The zero-order valence-corrected chi connectivity index (χ0v) is 27.4. The van der Waals surface area contributed by atoms with Crippen molar-refractivity contribution in [1.82, 2.24) is 9.88 Å². The highest BCUT2D eigenvalue weighted by Crippen LogP contribution is 2.37. The van der Waals surface area contributed by atoms with Crippen molar-refractivity contribution >= 4 is 75.3 Å². The number of nitrogens with zero attached hydrogens (tertiary/aromatic N) is 1. The summed E-state index contributed by atoms with van der Waals surface area (Å²) >= 11 is 7.66. The van der Waals surface area contributed by atoms with Crippen LogP contribution in [0.1, 0.15) is 21.5 Å². The molecule has 0 aliphatic carbocycles. The predicted molar refractivity (Wildman–Crippen MR) is 184 cm³/mol. The average molecular weight is 713 g/mol. The van der Waals surface area contributed by atoms with Crippen molar-refractivity contribution in [3.05, 3.63) is 119 Å². The van der Waals surface area contributed by atoms with Gasteiger partial charge in [0, 0.05) is 49.9 Å². The molecule has 0 bridgehead atoms. The lowest BCUT2D eigenvalue weighted by molar-refractivity contribution is -0.136. The molecule has 4 N–H and O–H groups in total. The maximum atomic E-state index is 13.7. The van der Waals surface area contributed by atoms with Crippen LogP contribution in [-0.4, -0.2) is 45.4 Å². The number of halogens is 4. The largest absolute Gasteiger partial charge is 0.480 e. The molecule has 0 saturated heterocycles. The molecule has 1 aromatic heterocycles. The normalized spacial score (nSPS) is 11.4. The maximum Gasteiger partial charge on any atom is 0.446 e. The van der Waals surface area contributed by atoms with Crippen molar-refractivity contribution in [2.24, 2.45) is 0 Å². The van der Waals surface area contributed by atoms with E-state index in [1.165, 1.54) is 34.7 Å². The molecule has 8 nitrogen and oxygen atoms in total. The van der Waals surface area contributed by atoms with Gasteiger partial charge in [-0.25, -0.2) is 4.79 Å². The molecule has 0 spiro atoms. The lowest BCUT2D eigenvalue weighted by atomic mass is 10.1. The van der Waals surface area contributed by atoms with E-state index >= 15 is 0 Å². The van der Waals surface area contributed by atoms with E-state index in [2.05, 4.69) is 16.0 Å². The summed E-state index contributed by atoms with van der Waals surface area (Å²) in [6.45, 7) is -0.0854. The zero-order chi connectivity index (χ0) is 34.3. The van der Waals surface area contributed by atoms with Crippen LogP contribution in [0.2, 0.25) is 5.02 Å². The van der Waals surface area contributed by atoms with Crippen molar-refractivity contribution in [1.29, 1.82) is 0 Å². The number of benzene rings is 4. The summed E-state index contributed by atoms with van der Waals surface area (Å²) in [6.07, 6.45) is 2.23. The molecule has 0 atom stereocenters. The molecule has 5 aromatic rings. The molecular weight excluding hydrogens is 685 g/mol. The van der Waals surface area contributed by atoms with Gasteiger partial charge in [0.1, 0.15) is 0 Å². The van der Waals surface area contributed by atoms with Crippen LogP contribution in [0.3, 0.4) is 0 Å². The van der Waals surface area contributed by atoms with Crippen LogP contribution in [0, 0.1) is 0 Å². The van der Waals surface area contributed by atoms with Crippen molar-refractivity contribution in [2.45, 2.75) is 28.3 Å². The van der Waals surface area contributed by atoms with Gasteiger partial charge in [0.25, 0.3) is 5.91 Å². The first-order valence-electron chi connectivity index (χ1n) is 14.5. The molecular formula is C34H28ClF3N4O4S2. The number of carbonyl (C=O) groups is 3. The first-order chi connectivity index (χ1) is 22.9. The number of aromatic nitrogens is 1. The monoisotopic (exact) mass is 712 g/mol. The summed E-state index contributed by atoms with van der Waals surface area (Å²) in [5, 5.41) is 18.3. The topological polar surface area (TPSA) is 112 Å². The number of fused-ring (bicyclic) bond motifs is 1. The molecule has 14 heteroatoms. The number of anilines is 2. The van der Waals surface area contributed by atoms with Crippen LogP contribution >= 0.6 is 35.1 Å². The van der Waals surface area contributed by atoms with E-state index in [1.54, 1.807) is 66.7 Å². The van der Waals surface area contributed by atoms with Gasteiger partial charge in [-0.05, 0) is 90.0 Å². The molecule has 0 saturated carbocycles. The molecule has 4 aromatic carbocycles. The van der Waals surface area contributed by atoms with Gasteiger partial charge in [0.15, 0.2) is 0 Å². The van der Waals surface area contributed by atoms with Gasteiger partial charge in [-0.15, -0.1) is 11.8 Å². The number of aliphatic carboxylic acids is 1. The van der Waals surface area contributed by atoms with Gasteiger partial charge in [-0.3, -0.25) is 14.2 Å². The zero-order valence-electron chi connectivity index (χ0n) is 25.0. The third-order valence-electron chi connectivity index (χ3n) is 7.00. The minimum absolute atomic E-state index is 0.138. The fourth-order valence-electron chi connectivity index (χ4n) is 4.85. The van der Waals surface area contributed by atoms with Crippen molar-refractivity contribution < 1.29 is 32.7 Å². The third-order valence-corrected chi connectivity index (χ3v) is 8.99. The Labute approximate surface area is 287 Å². The summed E-state index contributed by atoms with van der Waals surface area (Å²) in [5.41, 5.74) is -0.884. The number of urea groups is 1. The first kappa shape index (κ1) is 34.9. The van der Waals surface area contributed by atoms with E-state index in [1.807, 2.05) is 12.1 Å². The molecule has 0 fully saturated rings. The number of nitrogens with one attached hydrogen (secondary N) is 3. The summed E-state index contributed by atoms with van der Waals surface area (Å²) in [4.78, 5) is 38.7. The second-order valence-electron chi connectivity index (χ2n) is 10.4. The number of hydrogen-bond acceptors (Lipinski definition) is 6. The van der Waals surface area contributed by atoms with E-state index in [0.29, 0.717) is 50.6 Å². The Kier molecular flexibility index (Phi) is 11.4. The molecule has 248 valence electrons. The maximum absolute atomic E-state index is 13.7. The van der Waals surface area contributed by atoms with E-state index in [0.717, 1.165) is 10.5 Å². The first-order valence-corrected chi connectivity index (χ1v) is 16.6. The second kappa shape index (κ2) is 15.6. The molecule has 1 heterocycles. The van der Waals surface area contributed by atoms with Crippen LogP contribution in [0.15, 0.2) is 107 Å². The highest BCUT2D eigenvalue weighted by atomic mass is 35.5. The van der Waals surface area contributed by atoms with Crippen molar-refractivity contribution in [2.75, 3.05) is 22.9 Å². The Balaban J connectivity index is 1.21. The molecule has 2 amide bonds. The molecule has 5 rings (SSSR count). The minimum Gasteiger partial charge on any atom is -0.480 e. The van der Waals surface area contributed by atoms with Crippen molar-refractivity contribution in [3.63, 3.8) is 0 Å². The van der Waals surface area contributed by atoms with Gasteiger partial charge in [-0.1, -0.05) is 41.9 Å². The molecule has 0 aliphatic rings. The second-order valence-corrected chi connectivity index (χ2v) is 13.2.